The molecule has 2 aromatic rings. The lowest BCUT2D eigenvalue weighted by molar-refractivity contribution is 0.0474. The molecular weight excluding hydrogens is 354 g/mol. The Balaban J connectivity index is 1.99. The van der Waals surface area contributed by atoms with Gasteiger partial charge in [0.25, 0.3) is 0 Å². The van der Waals surface area contributed by atoms with E-state index in [2.05, 4.69) is 4.72 Å². The maximum atomic E-state index is 12.2. The Morgan fingerprint density at radius 2 is 1.62 bits per heavy atom. The molecule has 0 unspecified atom stereocenters. The Kier molecular flexibility index (Phi) is 6.65. The van der Waals surface area contributed by atoms with E-state index in [0.29, 0.717) is 12.0 Å². The minimum Gasteiger partial charge on any atom is -0.454 e. The molecule has 1 N–H and O–H groups in total. The number of carbonyl (C=O) groups excluding carboxylic acids is 2. The van der Waals surface area contributed by atoms with Gasteiger partial charge in [-0.05, 0) is 37.6 Å². The zero-order chi connectivity index (χ0) is 19.2. The maximum absolute atomic E-state index is 12.2. The Bertz CT molecular complexity index is 861. The monoisotopic (exact) mass is 375 g/mol. The standard InChI is InChI=1S/C19H21NO5S/c1-3-14(2)20-26(23,24)17-11-9-16(10-12-17)19(22)25-13-18(21)15-7-5-4-6-8-15/h4-12,14,20H,3,13H2,1-2H3/t14-/m1/s1. The summed E-state index contributed by atoms with van der Waals surface area (Å²) in [6, 6.07) is 13.7. The summed E-state index contributed by atoms with van der Waals surface area (Å²) in [5.74, 6) is -0.996. The average Bonchev–Trinajstić information content (AvgIpc) is 2.66. The summed E-state index contributed by atoms with van der Waals surface area (Å²) < 4.78 is 31.9. The van der Waals surface area contributed by atoms with Crippen LogP contribution < -0.4 is 4.72 Å². The summed E-state index contributed by atoms with van der Waals surface area (Å²) in [4.78, 5) is 24.0. The molecule has 2 aromatic carbocycles. The number of hydrogen-bond acceptors (Lipinski definition) is 5. The lowest BCUT2D eigenvalue weighted by atomic mass is 10.1. The molecule has 0 fully saturated rings. The van der Waals surface area contributed by atoms with Gasteiger partial charge in [-0.3, -0.25) is 4.79 Å². The van der Waals surface area contributed by atoms with Gasteiger partial charge in [0.05, 0.1) is 10.5 Å². The van der Waals surface area contributed by atoms with Crippen molar-refractivity contribution in [1.82, 2.24) is 4.72 Å². The lowest BCUT2D eigenvalue weighted by Gasteiger charge is -2.12. The third kappa shape index (κ3) is 5.24. The lowest BCUT2D eigenvalue weighted by Crippen LogP contribution is -2.32. The van der Waals surface area contributed by atoms with Crippen molar-refractivity contribution in [2.24, 2.45) is 0 Å². The van der Waals surface area contributed by atoms with Crippen LogP contribution >= 0.6 is 0 Å². The predicted molar refractivity (Wildman–Crippen MR) is 97.6 cm³/mol. The highest BCUT2D eigenvalue weighted by atomic mass is 32.2. The third-order valence-electron chi connectivity index (χ3n) is 3.80. The molecule has 0 saturated carbocycles. The molecule has 138 valence electrons. The van der Waals surface area contributed by atoms with Gasteiger partial charge in [-0.15, -0.1) is 0 Å². The molecule has 0 radical (unpaired) electrons. The topological polar surface area (TPSA) is 89.5 Å². The van der Waals surface area contributed by atoms with E-state index in [1.165, 1.54) is 24.3 Å². The van der Waals surface area contributed by atoms with E-state index >= 15 is 0 Å². The van der Waals surface area contributed by atoms with Gasteiger partial charge in [0.2, 0.25) is 10.0 Å². The van der Waals surface area contributed by atoms with Crippen LogP contribution in [0.5, 0.6) is 0 Å². The van der Waals surface area contributed by atoms with E-state index in [-0.39, 0.29) is 28.9 Å². The largest absolute Gasteiger partial charge is 0.454 e. The van der Waals surface area contributed by atoms with Crippen LogP contribution in [-0.4, -0.2) is 32.8 Å². The van der Waals surface area contributed by atoms with Gasteiger partial charge in [0.1, 0.15) is 0 Å². The van der Waals surface area contributed by atoms with Gasteiger partial charge in [0.15, 0.2) is 12.4 Å². The van der Waals surface area contributed by atoms with Gasteiger partial charge < -0.3 is 4.74 Å². The highest BCUT2D eigenvalue weighted by Gasteiger charge is 2.18. The van der Waals surface area contributed by atoms with E-state index in [1.54, 1.807) is 37.3 Å². The molecule has 0 spiro atoms. The highest BCUT2D eigenvalue weighted by molar-refractivity contribution is 7.89. The van der Waals surface area contributed by atoms with Crippen LogP contribution in [0, 0.1) is 0 Å². The highest BCUT2D eigenvalue weighted by Crippen LogP contribution is 2.13. The fourth-order valence-corrected chi connectivity index (χ4v) is 3.44. The van der Waals surface area contributed by atoms with Crippen molar-refractivity contribution in [3.05, 3.63) is 65.7 Å². The molecule has 0 aliphatic heterocycles. The van der Waals surface area contributed by atoms with E-state index in [9.17, 15) is 18.0 Å². The molecule has 1 atom stereocenters. The summed E-state index contributed by atoms with van der Waals surface area (Å²) in [5, 5.41) is 0. The van der Waals surface area contributed by atoms with Crippen molar-refractivity contribution >= 4 is 21.8 Å². The van der Waals surface area contributed by atoms with Crippen molar-refractivity contribution in [2.45, 2.75) is 31.2 Å². The van der Waals surface area contributed by atoms with Gasteiger partial charge in [-0.25, -0.2) is 17.9 Å². The molecule has 26 heavy (non-hydrogen) atoms. The number of esters is 1. The zero-order valence-corrected chi connectivity index (χ0v) is 15.5. The maximum Gasteiger partial charge on any atom is 0.338 e. The number of hydrogen-bond donors (Lipinski definition) is 1. The van der Waals surface area contributed by atoms with Gasteiger partial charge in [-0.2, -0.15) is 0 Å². The first kappa shape index (κ1) is 19.8. The Morgan fingerprint density at radius 1 is 1.00 bits per heavy atom. The van der Waals surface area contributed by atoms with Crippen molar-refractivity contribution in [3.63, 3.8) is 0 Å². The Hall–Kier alpha value is -2.51. The number of Topliss-reactive ketones (excluding diaryl/α,β-unsaturated/α-hetero) is 1. The number of ketones is 1. The summed E-state index contributed by atoms with van der Waals surface area (Å²) in [6.07, 6.45) is 0.666. The predicted octanol–water partition coefficient (Wildman–Crippen LogP) is 2.80. The molecule has 0 aliphatic carbocycles. The first-order valence-corrected chi connectivity index (χ1v) is 9.69. The van der Waals surface area contributed by atoms with E-state index < -0.39 is 16.0 Å². The summed E-state index contributed by atoms with van der Waals surface area (Å²) >= 11 is 0. The van der Waals surface area contributed by atoms with Crippen LogP contribution in [0.4, 0.5) is 0 Å². The van der Waals surface area contributed by atoms with Crippen LogP contribution in [0.2, 0.25) is 0 Å². The fourth-order valence-electron chi connectivity index (χ4n) is 2.11. The Labute approximate surface area is 153 Å². The minimum absolute atomic E-state index is 0.0645. The minimum atomic E-state index is -3.63. The van der Waals surface area contributed by atoms with E-state index in [4.69, 9.17) is 4.74 Å². The molecule has 7 heteroatoms. The van der Waals surface area contributed by atoms with Gasteiger partial charge in [0, 0.05) is 11.6 Å². The first-order chi connectivity index (χ1) is 12.3. The third-order valence-corrected chi connectivity index (χ3v) is 5.40. The smallest absolute Gasteiger partial charge is 0.338 e. The van der Waals surface area contributed by atoms with Crippen LogP contribution in [0.25, 0.3) is 0 Å². The SMILES string of the molecule is CC[C@@H](C)NS(=O)(=O)c1ccc(C(=O)OCC(=O)c2ccccc2)cc1. The second-order valence-electron chi connectivity index (χ2n) is 5.82. The number of ether oxygens (including phenoxy) is 1. The fraction of sp³-hybridized carbons (Fsp3) is 0.263. The number of sulfonamides is 1. The molecule has 0 aliphatic rings. The molecule has 0 aromatic heterocycles. The molecule has 0 bridgehead atoms. The zero-order valence-electron chi connectivity index (χ0n) is 14.6. The van der Waals surface area contributed by atoms with Crippen molar-refractivity contribution in [2.75, 3.05) is 6.61 Å². The molecule has 6 nitrogen and oxygen atoms in total. The normalized spacial score (nSPS) is 12.4. The number of nitrogens with one attached hydrogen (secondary N) is 1. The molecule has 0 amide bonds. The van der Waals surface area contributed by atoms with E-state index in [0.717, 1.165) is 0 Å². The average molecular weight is 375 g/mol. The molecule has 0 saturated heterocycles. The van der Waals surface area contributed by atoms with Crippen LogP contribution in [0.3, 0.4) is 0 Å². The summed E-state index contributed by atoms with van der Waals surface area (Å²) in [6.45, 7) is 3.27. The molecule has 0 heterocycles. The van der Waals surface area contributed by atoms with Crippen LogP contribution in [0.15, 0.2) is 59.5 Å². The quantitative estimate of drug-likeness (QED) is 0.566. The number of benzene rings is 2. The van der Waals surface area contributed by atoms with Crippen molar-refractivity contribution in [1.29, 1.82) is 0 Å². The molecule has 2 rings (SSSR count). The van der Waals surface area contributed by atoms with Crippen LogP contribution in [-0.2, 0) is 14.8 Å². The van der Waals surface area contributed by atoms with Gasteiger partial charge in [-0.1, -0.05) is 37.3 Å². The number of carbonyl (C=O) groups is 2. The van der Waals surface area contributed by atoms with E-state index in [1.807, 2.05) is 6.92 Å². The summed E-state index contributed by atoms with van der Waals surface area (Å²) in [7, 11) is -3.63. The second-order valence-corrected chi connectivity index (χ2v) is 7.53. The molecular formula is C19H21NO5S. The van der Waals surface area contributed by atoms with Crippen LogP contribution in [0.1, 0.15) is 41.0 Å². The second kappa shape index (κ2) is 8.73. The van der Waals surface area contributed by atoms with Crippen molar-refractivity contribution < 1.29 is 22.7 Å². The first-order valence-electron chi connectivity index (χ1n) is 8.21. The number of rotatable bonds is 8. The van der Waals surface area contributed by atoms with Gasteiger partial charge >= 0.3 is 5.97 Å². The summed E-state index contributed by atoms with van der Waals surface area (Å²) in [5.41, 5.74) is 0.631. The van der Waals surface area contributed by atoms with Crippen molar-refractivity contribution in [3.8, 4) is 0 Å². The Morgan fingerprint density at radius 3 is 2.19 bits per heavy atom.